The number of nitrogens with one attached hydrogen (secondary N) is 1. The maximum absolute atomic E-state index is 5.57. The van der Waals surface area contributed by atoms with Gasteiger partial charge in [0.1, 0.15) is 11.9 Å². The van der Waals surface area contributed by atoms with Gasteiger partial charge >= 0.3 is 0 Å². The average Bonchev–Trinajstić information content (AvgIpc) is 3.08. The third kappa shape index (κ3) is 2.59. The van der Waals surface area contributed by atoms with Crippen molar-refractivity contribution >= 4 is 0 Å². The van der Waals surface area contributed by atoms with Crippen LogP contribution in [0.25, 0.3) is 0 Å². The summed E-state index contributed by atoms with van der Waals surface area (Å²) in [5, 5.41) is 7.26. The van der Waals surface area contributed by atoms with Crippen molar-refractivity contribution in [2.45, 2.75) is 31.8 Å². The molecule has 3 rings (SSSR count). The first-order valence-corrected chi connectivity index (χ1v) is 6.48. The number of hydrogen-bond acceptors (Lipinski definition) is 3. The molecule has 94 valence electrons. The molecule has 1 aliphatic heterocycles. The molecule has 0 radical (unpaired) electrons. The van der Waals surface area contributed by atoms with Crippen molar-refractivity contribution in [2.75, 3.05) is 6.61 Å². The van der Waals surface area contributed by atoms with Gasteiger partial charge in [0.25, 0.3) is 0 Å². The van der Waals surface area contributed by atoms with E-state index in [1.807, 2.05) is 6.07 Å². The first-order valence-electron chi connectivity index (χ1n) is 6.48. The van der Waals surface area contributed by atoms with Gasteiger partial charge in [0.2, 0.25) is 0 Å². The van der Waals surface area contributed by atoms with E-state index in [-0.39, 0.29) is 6.10 Å². The predicted octanol–water partition coefficient (Wildman–Crippen LogP) is 2.44. The molecule has 1 N–H and O–H groups in total. The molecule has 0 amide bonds. The number of aryl methyl sites for hydroxylation is 2. The second kappa shape index (κ2) is 5.31. The lowest BCUT2D eigenvalue weighted by molar-refractivity contribution is 0.105. The topological polar surface area (TPSA) is 50.8 Å². The molecular formula is C14H17N3O. The summed E-state index contributed by atoms with van der Waals surface area (Å²) >= 11 is 0. The van der Waals surface area contributed by atoms with Crippen LogP contribution in [0.3, 0.4) is 0 Å². The van der Waals surface area contributed by atoms with Crippen molar-refractivity contribution in [2.24, 2.45) is 0 Å². The van der Waals surface area contributed by atoms with Gasteiger partial charge in [-0.2, -0.15) is 5.10 Å². The van der Waals surface area contributed by atoms with Crippen LogP contribution in [-0.4, -0.2) is 21.8 Å². The molecule has 1 fully saturated rings. The van der Waals surface area contributed by atoms with Gasteiger partial charge in [-0.3, -0.25) is 5.10 Å². The van der Waals surface area contributed by atoms with Crippen LogP contribution in [0.5, 0.6) is 0 Å². The Bertz CT molecular complexity index is 489. The highest BCUT2D eigenvalue weighted by Gasteiger charge is 2.21. The van der Waals surface area contributed by atoms with Crippen LogP contribution in [0.4, 0.5) is 0 Å². The van der Waals surface area contributed by atoms with Crippen molar-refractivity contribution in [3.63, 3.8) is 0 Å². The first kappa shape index (κ1) is 11.4. The van der Waals surface area contributed by atoms with E-state index in [4.69, 9.17) is 4.74 Å². The highest BCUT2D eigenvalue weighted by molar-refractivity contribution is 5.15. The van der Waals surface area contributed by atoms with Crippen LogP contribution < -0.4 is 0 Å². The van der Waals surface area contributed by atoms with Crippen molar-refractivity contribution in [3.05, 3.63) is 47.5 Å². The van der Waals surface area contributed by atoms with E-state index in [2.05, 4.69) is 39.4 Å². The van der Waals surface area contributed by atoms with Crippen molar-refractivity contribution in [3.8, 4) is 0 Å². The Balaban J connectivity index is 1.60. The second-order valence-corrected chi connectivity index (χ2v) is 4.63. The number of aromatic amines is 1. The van der Waals surface area contributed by atoms with E-state index >= 15 is 0 Å². The molecule has 4 nitrogen and oxygen atoms in total. The normalized spacial score (nSPS) is 19.2. The molecule has 2 heterocycles. The molecule has 1 aromatic carbocycles. The summed E-state index contributed by atoms with van der Waals surface area (Å²) in [6.45, 7) is 0.832. The van der Waals surface area contributed by atoms with E-state index in [1.54, 1.807) is 0 Å². The van der Waals surface area contributed by atoms with Crippen LogP contribution in [0.15, 0.2) is 30.3 Å². The molecule has 1 atom stereocenters. The molecule has 4 heteroatoms. The Morgan fingerprint density at radius 3 is 2.89 bits per heavy atom. The van der Waals surface area contributed by atoms with Gasteiger partial charge in [-0.15, -0.1) is 0 Å². The van der Waals surface area contributed by atoms with Crippen LogP contribution in [0.2, 0.25) is 0 Å². The summed E-state index contributed by atoms with van der Waals surface area (Å²) in [4.78, 5) is 4.52. The molecular weight excluding hydrogens is 226 g/mol. The molecule has 0 spiro atoms. The van der Waals surface area contributed by atoms with E-state index in [0.29, 0.717) is 0 Å². The fourth-order valence-electron chi connectivity index (χ4n) is 2.25. The van der Waals surface area contributed by atoms with Gasteiger partial charge in [0, 0.05) is 13.0 Å². The SMILES string of the molecule is c1ccc(CCc2nc([C@H]3CCCO3)n[nH]2)cc1. The lowest BCUT2D eigenvalue weighted by atomic mass is 10.1. The maximum atomic E-state index is 5.57. The van der Waals surface area contributed by atoms with Crippen LogP contribution >= 0.6 is 0 Å². The summed E-state index contributed by atoms with van der Waals surface area (Å²) < 4.78 is 5.57. The number of aromatic nitrogens is 3. The Hall–Kier alpha value is -1.68. The third-order valence-corrected chi connectivity index (χ3v) is 3.26. The Kier molecular flexibility index (Phi) is 3.37. The highest BCUT2D eigenvalue weighted by atomic mass is 16.5. The van der Waals surface area contributed by atoms with Crippen LogP contribution in [-0.2, 0) is 17.6 Å². The minimum atomic E-state index is 0.103. The number of hydrogen-bond donors (Lipinski definition) is 1. The van der Waals surface area contributed by atoms with E-state index in [0.717, 1.165) is 43.9 Å². The number of nitrogens with zero attached hydrogens (tertiary/aromatic N) is 2. The van der Waals surface area contributed by atoms with Gasteiger partial charge in [-0.1, -0.05) is 30.3 Å². The quantitative estimate of drug-likeness (QED) is 0.897. The number of ether oxygens (including phenoxy) is 1. The zero-order chi connectivity index (χ0) is 12.2. The molecule has 0 unspecified atom stereocenters. The lowest BCUT2D eigenvalue weighted by Crippen LogP contribution is -1.98. The molecule has 0 aliphatic carbocycles. The fourth-order valence-corrected chi connectivity index (χ4v) is 2.25. The zero-order valence-corrected chi connectivity index (χ0v) is 10.3. The Morgan fingerprint density at radius 1 is 1.22 bits per heavy atom. The lowest BCUT2D eigenvalue weighted by Gasteiger charge is -2.02. The molecule has 0 bridgehead atoms. The number of benzene rings is 1. The average molecular weight is 243 g/mol. The first-order chi connectivity index (χ1) is 8.92. The van der Waals surface area contributed by atoms with Crippen molar-refractivity contribution in [1.82, 2.24) is 15.2 Å². The zero-order valence-electron chi connectivity index (χ0n) is 10.3. The highest BCUT2D eigenvalue weighted by Crippen LogP contribution is 2.25. The molecule has 18 heavy (non-hydrogen) atoms. The second-order valence-electron chi connectivity index (χ2n) is 4.63. The molecule has 2 aromatic rings. The minimum absolute atomic E-state index is 0.103. The van der Waals surface area contributed by atoms with E-state index in [1.165, 1.54) is 5.56 Å². The molecule has 1 aliphatic rings. The maximum Gasteiger partial charge on any atom is 0.179 e. The molecule has 1 saturated heterocycles. The van der Waals surface area contributed by atoms with Crippen molar-refractivity contribution in [1.29, 1.82) is 0 Å². The van der Waals surface area contributed by atoms with Gasteiger partial charge in [0.15, 0.2) is 5.82 Å². The fraction of sp³-hybridized carbons (Fsp3) is 0.429. The van der Waals surface area contributed by atoms with Crippen LogP contribution in [0, 0.1) is 0 Å². The Morgan fingerprint density at radius 2 is 2.11 bits per heavy atom. The van der Waals surface area contributed by atoms with Gasteiger partial charge in [-0.25, -0.2) is 4.98 Å². The molecule has 1 aromatic heterocycles. The summed E-state index contributed by atoms with van der Waals surface area (Å²) in [6.07, 6.45) is 4.13. The summed E-state index contributed by atoms with van der Waals surface area (Å²) in [7, 11) is 0. The van der Waals surface area contributed by atoms with E-state index < -0.39 is 0 Å². The predicted molar refractivity (Wildman–Crippen MR) is 68.2 cm³/mol. The summed E-state index contributed by atoms with van der Waals surface area (Å²) in [5.74, 6) is 1.76. The third-order valence-electron chi connectivity index (χ3n) is 3.26. The monoisotopic (exact) mass is 243 g/mol. The van der Waals surface area contributed by atoms with Gasteiger partial charge in [0.05, 0.1) is 0 Å². The van der Waals surface area contributed by atoms with Crippen molar-refractivity contribution < 1.29 is 4.74 Å². The van der Waals surface area contributed by atoms with E-state index in [9.17, 15) is 0 Å². The smallest absolute Gasteiger partial charge is 0.179 e. The van der Waals surface area contributed by atoms with Crippen LogP contribution in [0.1, 0.15) is 36.2 Å². The van der Waals surface area contributed by atoms with Gasteiger partial charge in [-0.05, 0) is 24.8 Å². The summed E-state index contributed by atoms with van der Waals surface area (Å²) in [5.41, 5.74) is 1.33. The largest absolute Gasteiger partial charge is 0.370 e. The number of H-pyrrole nitrogens is 1. The number of rotatable bonds is 4. The Labute approximate surface area is 106 Å². The van der Waals surface area contributed by atoms with Gasteiger partial charge < -0.3 is 4.74 Å². The standard InChI is InChI=1S/C14H17N3O/c1-2-5-11(6-3-1)8-9-13-15-14(17-16-13)12-7-4-10-18-12/h1-3,5-6,12H,4,7-10H2,(H,15,16,17)/t12-/m1/s1. The molecule has 0 saturated carbocycles. The minimum Gasteiger partial charge on any atom is -0.370 e. The summed E-state index contributed by atoms with van der Waals surface area (Å²) in [6, 6.07) is 10.4.